The van der Waals surface area contributed by atoms with Crippen molar-refractivity contribution in [3.8, 4) is 5.75 Å². The molecule has 1 amide bonds. The van der Waals surface area contributed by atoms with E-state index >= 15 is 0 Å². The van der Waals surface area contributed by atoms with Crippen LogP contribution in [0.4, 0.5) is 10.1 Å². The number of nitrogens with one attached hydrogen (secondary N) is 1. The zero-order valence-electron chi connectivity index (χ0n) is 18.3. The third kappa shape index (κ3) is 4.85. The number of carbonyl (C=O) groups excluding carboxylic acids is 1. The Labute approximate surface area is 193 Å². The van der Waals surface area contributed by atoms with Gasteiger partial charge in [-0.15, -0.1) is 0 Å². The number of benzene rings is 3. The molecule has 0 fully saturated rings. The van der Waals surface area contributed by atoms with Gasteiger partial charge in [-0.2, -0.15) is 0 Å². The van der Waals surface area contributed by atoms with Crippen molar-refractivity contribution < 1.29 is 22.3 Å². The van der Waals surface area contributed by atoms with Crippen LogP contribution in [0.15, 0.2) is 71.6 Å². The molecule has 0 atom stereocenters. The standard InChI is InChI=1S/C25H25FN2O4S/c1-32-23-13-10-20(25(29)27-15-14-18-8-11-21(26)12-9-18)17-24(23)33(30,31)28-16-4-6-19-5-2-3-7-22(19)28/h2-3,5,7-13,17H,4,6,14-16H2,1H3,(H,27,29). The smallest absolute Gasteiger partial charge is 0.268 e. The summed E-state index contributed by atoms with van der Waals surface area (Å²) in [4.78, 5) is 12.7. The lowest BCUT2D eigenvalue weighted by atomic mass is 10.0. The fraction of sp³-hybridized carbons (Fsp3) is 0.240. The van der Waals surface area contributed by atoms with Crippen LogP contribution in [0.3, 0.4) is 0 Å². The van der Waals surface area contributed by atoms with Gasteiger partial charge < -0.3 is 10.1 Å². The molecule has 6 nitrogen and oxygen atoms in total. The Morgan fingerprint density at radius 1 is 1.09 bits per heavy atom. The molecule has 3 aromatic carbocycles. The summed E-state index contributed by atoms with van der Waals surface area (Å²) in [7, 11) is -2.55. The van der Waals surface area contributed by atoms with E-state index in [-0.39, 0.29) is 22.0 Å². The second kappa shape index (κ2) is 9.62. The third-order valence-electron chi connectivity index (χ3n) is 5.67. The van der Waals surface area contributed by atoms with Crippen molar-refractivity contribution in [2.24, 2.45) is 0 Å². The van der Waals surface area contributed by atoms with Crippen LogP contribution >= 0.6 is 0 Å². The first-order valence-corrected chi connectivity index (χ1v) is 12.2. The van der Waals surface area contributed by atoms with Crippen LogP contribution in [0.2, 0.25) is 0 Å². The Morgan fingerprint density at radius 2 is 1.85 bits per heavy atom. The van der Waals surface area contributed by atoms with Gasteiger partial charge in [0, 0.05) is 18.7 Å². The van der Waals surface area contributed by atoms with Gasteiger partial charge >= 0.3 is 0 Å². The van der Waals surface area contributed by atoms with Crippen molar-refractivity contribution in [3.63, 3.8) is 0 Å². The van der Waals surface area contributed by atoms with Crippen molar-refractivity contribution >= 4 is 21.6 Å². The van der Waals surface area contributed by atoms with Crippen LogP contribution < -0.4 is 14.4 Å². The molecular formula is C25H25FN2O4S. The highest BCUT2D eigenvalue weighted by Crippen LogP contribution is 2.35. The predicted molar refractivity (Wildman–Crippen MR) is 125 cm³/mol. The van der Waals surface area contributed by atoms with Gasteiger partial charge in [0.2, 0.25) is 0 Å². The van der Waals surface area contributed by atoms with Crippen molar-refractivity contribution in [1.82, 2.24) is 5.32 Å². The van der Waals surface area contributed by atoms with Crippen LogP contribution in [0.5, 0.6) is 5.75 Å². The number of para-hydroxylation sites is 1. The number of rotatable bonds is 7. The molecule has 0 saturated carbocycles. The summed E-state index contributed by atoms with van der Waals surface area (Å²) >= 11 is 0. The number of methoxy groups -OCH3 is 1. The highest BCUT2D eigenvalue weighted by molar-refractivity contribution is 7.93. The Morgan fingerprint density at radius 3 is 2.61 bits per heavy atom. The lowest BCUT2D eigenvalue weighted by Crippen LogP contribution is -2.36. The zero-order valence-corrected chi connectivity index (χ0v) is 19.1. The van der Waals surface area contributed by atoms with Gasteiger partial charge in [-0.25, -0.2) is 12.8 Å². The number of sulfonamides is 1. The molecule has 1 N–H and O–H groups in total. The molecule has 0 radical (unpaired) electrons. The summed E-state index contributed by atoms with van der Waals surface area (Å²) in [5.41, 5.74) is 2.73. The van der Waals surface area contributed by atoms with Gasteiger partial charge in [-0.3, -0.25) is 9.10 Å². The summed E-state index contributed by atoms with van der Waals surface area (Å²) in [5, 5.41) is 2.79. The summed E-state index contributed by atoms with van der Waals surface area (Å²) in [5.74, 6) is -0.526. The number of carbonyl (C=O) groups is 1. The molecule has 0 aromatic heterocycles. The van der Waals surface area contributed by atoms with Crippen molar-refractivity contribution in [1.29, 1.82) is 0 Å². The van der Waals surface area contributed by atoms with E-state index in [1.807, 2.05) is 18.2 Å². The maximum absolute atomic E-state index is 13.6. The molecule has 0 aliphatic carbocycles. The fourth-order valence-corrected chi connectivity index (χ4v) is 5.69. The number of hydrogen-bond acceptors (Lipinski definition) is 4. The minimum Gasteiger partial charge on any atom is -0.495 e. The number of ether oxygens (including phenoxy) is 1. The second-order valence-corrected chi connectivity index (χ2v) is 9.64. The lowest BCUT2D eigenvalue weighted by Gasteiger charge is -2.31. The quantitative estimate of drug-likeness (QED) is 0.570. The first-order valence-electron chi connectivity index (χ1n) is 10.7. The molecule has 1 heterocycles. The average molecular weight is 469 g/mol. The van der Waals surface area contributed by atoms with Crippen LogP contribution in [0.1, 0.15) is 27.9 Å². The van der Waals surface area contributed by atoms with Crippen LogP contribution in [0.25, 0.3) is 0 Å². The molecular weight excluding hydrogens is 443 g/mol. The molecule has 1 aliphatic heterocycles. The van der Waals surface area contributed by atoms with E-state index in [1.54, 1.807) is 18.2 Å². The van der Waals surface area contributed by atoms with E-state index in [1.165, 1.54) is 41.7 Å². The number of fused-ring (bicyclic) bond motifs is 1. The number of aryl methyl sites for hydroxylation is 1. The molecule has 3 aromatic rings. The van der Waals surface area contributed by atoms with Gasteiger partial charge in [0.15, 0.2) is 0 Å². The summed E-state index contributed by atoms with van der Waals surface area (Å²) in [6.07, 6.45) is 2.05. The zero-order chi connectivity index (χ0) is 23.4. The van der Waals surface area contributed by atoms with Crippen molar-refractivity contribution in [2.75, 3.05) is 24.5 Å². The summed E-state index contributed by atoms with van der Waals surface area (Å²) in [6, 6.07) is 17.9. The molecule has 0 bridgehead atoms. The van der Waals surface area contributed by atoms with Gasteiger partial charge in [0.25, 0.3) is 15.9 Å². The SMILES string of the molecule is COc1ccc(C(=O)NCCc2ccc(F)cc2)cc1S(=O)(=O)N1CCCc2ccccc21. The molecule has 0 spiro atoms. The van der Waals surface area contributed by atoms with Gasteiger partial charge in [0.05, 0.1) is 12.8 Å². The van der Waals surface area contributed by atoms with Crippen LogP contribution in [-0.2, 0) is 22.9 Å². The Balaban J connectivity index is 1.56. The number of nitrogens with zero attached hydrogens (tertiary/aromatic N) is 1. The lowest BCUT2D eigenvalue weighted by molar-refractivity contribution is 0.0954. The van der Waals surface area contributed by atoms with E-state index in [0.717, 1.165) is 17.5 Å². The molecule has 33 heavy (non-hydrogen) atoms. The molecule has 4 rings (SSSR count). The topological polar surface area (TPSA) is 75.7 Å². The molecule has 0 unspecified atom stereocenters. The molecule has 1 aliphatic rings. The third-order valence-corrected chi connectivity index (χ3v) is 7.51. The van der Waals surface area contributed by atoms with Gasteiger partial charge in [-0.1, -0.05) is 30.3 Å². The number of hydrogen-bond donors (Lipinski definition) is 1. The van der Waals surface area contributed by atoms with Crippen LogP contribution in [0, 0.1) is 5.82 Å². The van der Waals surface area contributed by atoms with Crippen molar-refractivity contribution in [2.45, 2.75) is 24.2 Å². The normalized spacial score (nSPS) is 13.3. The molecule has 8 heteroatoms. The number of anilines is 1. The Hall–Kier alpha value is -3.39. The monoisotopic (exact) mass is 468 g/mol. The Bertz CT molecular complexity index is 1260. The summed E-state index contributed by atoms with van der Waals surface area (Å²) < 4.78 is 47.0. The first kappa shape index (κ1) is 22.8. The minimum absolute atomic E-state index is 0.0483. The van der Waals surface area contributed by atoms with E-state index in [0.29, 0.717) is 31.6 Å². The molecule has 172 valence electrons. The van der Waals surface area contributed by atoms with E-state index in [2.05, 4.69) is 5.32 Å². The Kier molecular flexibility index (Phi) is 6.65. The second-order valence-electron chi connectivity index (χ2n) is 7.81. The average Bonchev–Trinajstić information content (AvgIpc) is 2.84. The van der Waals surface area contributed by atoms with Gasteiger partial charge in [-0.05, 0) is 66.8 Å². The van der Waals surface area contributed by atoms with Gasteiger partial charge in [0.1, 0.15) is 16.5 Å². The maximum Gasteiger partial charge on any atom is 0.268 e. The largest absolute Gasteiger partial charge is 0.495 e. The highest BCUT2D eigenvalue weighted by Gasteiger charge is 2.32. The predicted octanol–water partition coefficient (Wildman–Crippen LogP) is 3.95. The van der Waals surface area contributed by atoms with Crippen LogP contribution in [-0.4, -0.2) is 34.5 Å². The first-order chi connectivity index (χ1) is 15.9. The van der Waals surface area contributed by atoms with E-state index in [4.69, 9.17) is 4.74 Å². The maximum atomic E-state index is 13.6. The summed E-state index contributed by atoms with van der Waals surface area (Å²) in [6.45, 7) is 0.689. The van der Waals surface area contributed by atoms with E-state index in [9.17, 15) is 17.6 Å². The minimum atomic E-state index is -3.95. The fourth-order valence-electron chi connectivity index (χ4n) is 3.96. The molecule has 0 saturated heterocycles. The number of amides is 1. The highest BCUT2D eigenvalue weighted by atomic mass is 32.2. The van der Waals surface area contributed by atoms with Crippen molar-refractivity contribution in [3.05, 3.63) is 89.2 Å². The number of halogens is 1. The van der Waals surface area contributed by atoms with E-state index < -0.39 is 15.9 Å².